The van der Waals surface area contributed by atoms with Gasteiger partial charge in [-0.3, -0.25) is 9.07 Å². The maximum Gasteiger partial charge on any atom is 0.180 e. The van der Waals surface area contributed by atoms with Crippen LogP contribution in [-0.2, 0) is 11.0 Å². The van der Waals surface area contributed by atoms with Gasteiger partial charge in [0.15, 0.2) is 11.7 Å². The molecule has 4 rings (SSSR count). The molecule has 0 aliphatic carbocycles. The molecule has 3 heterocycles. The molecule has 29 heavy (non-hydrogen) atoms. The molecular weight excluding hydrogens is 386 g/mol. The normalized spacial score (nSPS) is 13.9. The van der Waals surface area contributed by atoms with Crippen molar-refractivity contribution in [3.63, 3.8) is 0 Å². The van der Waals surface area contributed by atoms with E-state index in [4.69, 9.17) is 5.73 Å². The van der Waals surface area contributed by atoms with Crippen molar-refractivity contribution in [2.75, 3.05) is 5.75 Å². The predicted octanol–water partition coefficient (Wildman–Crippen LogP) is 3.02. The molecule has 0 saturated heterocycles. The van der Waals surface area contributed by atoms with Gasteiger partial charge >= 0.3 is 0 Å². The number of hydrogen-bond acceptors (Lipinski definition) is 3. The van der Waals surface area contributed by atoms with E-state index in [1.165, 1.54) is 0 Å². The zero-order chi connectivity index (χ0) is 20.4. The van der Waals surface area contributed by atoms with Crippen LogP contribution in [0.1, 0.15) is 23.9 Å². The van der Waals surface area contributed by atoms with Gasteiger partial charge in [-0.25, -0.2) is 14.2 Å². The summed E-state index contributed by atoms with van der Waals surface area (Å²) in [5.41, 5.74) is 9.53. The van der Waals surface area contributed by atoms with E-state index in [-0.39, 0.29) is 0 Å². The fourth-order valence-corrected chi connectivity index (χ4v) is 3.79. The smallest absolute Gasteiger partial charge is 0.180 e. The number of nitrogens with zero attached hydrogens (tertiary/aromatic N) is 4. The standard InChI is InChI=1S/C20H21N7OS/c1-3-29(28)27-10-8-14-6-7-15(12-17(14)27)19(21)24-20(16-5-4-9-22-16)23-18-11-13(2)25-26-18/h4-12,22H,3H2,1-2H3,(H3,21,23,24,25,26). The van der Waals surface area contributed by atoms with Crippen molar-refractivity contribution in [3.8, 4) is 0 Å². The van der Waals surface area contributed by atoms with Crippen LogP contribution < -0.4 is 5.73 Å². The summed E-state index contributed by atoms with van der Waals surface area (Å²) in [6, 6.07) is 13.2. The third-order valence-corrected chi connectivity index (χ3v) is 5.65. The van der Waals surface area contributed by atoms with Crippen LogP contribution in [-0.4, -0.2) is 40.8 Å². The molecule has 0 spiro atoms. The van der Waals surface area contributed by atoms with E-state index in [0.717, 1.165) is 27.9 Å². The predicted molar refractivity (Wildman–Crippen MR) is 117 cm³/mol. The molecule has 4 aromatic rings. The van der Waals surface area contributed by atoms with Crippen molar-refractivity contribution < 1.29 is 4.21 Å². The number of amidine groups is 2. The first kappa shape index (κ1) is 18.9. The number of benzene rings is 1. The molecule has 3 aromatic heterocycles. The number of nitrogens with two attached hydrogens (primary N) is 1. The summed E-state index contributed by atoms with van der Waals surface area (Å²) in [4.78, 5) is 12.2. The van der Waals surface area contributed by atoms with Gasteiger partial charge in [-0.15, -0.1) is 0 Å². The molecule has 0 saturated carbocycles. The van der Waals surface area contributed by atoms with E-state index in [2.05, 4.69) is 25.2 Å². The van der Waals surface area contributed by atoms with Gasteiger partial charge in [-0.05, 0) is 31.2 Å². The van der Waals surface area contributed by atoms with Crippen LogP contribution in [0.25, 0.3) is 10.9 Å². The molecule has 148 valence electrons. The van der Waals surface area contributed by atoms with Crippen molar-refractivity contribution >= 4 is 39.4 Å². The van der Waals surface area contributed by atoms with Crippen LogP contribution in [0.4, 0.5) is 5.82 Å². The average molecular weight is 408 g/mol. The van der Waals surface area contributed by atoms with E-state index in [1.54, 1.807) is 10.2 Å². The van der Waals surface area contributed by atoms with Gasteiger partial charge in [-0.1, -0.05) is 19.1 Å². The van der Waals surface area contributed by atoms with E-state index < -0.39 is 11.0 Å². The lowest BCUT2D eigenvalue weighted by Gasteiger charge is -2.06. The topological polar surface area (TPSA) is 117 Å². The highest BCUT2D eigenvalue weighted by Crippen LogP contribution is 2.19. The van der Waals surface area contributed by atoms with E-state index in [1.807, 2.05) is 62.5 Å². The summed E-state index contributed by atoms with van der Waals surface area (Å²) >= 11 is 0. The fourth-order valence-electron chi connectivity index (χ4n) is 2.94. The first-order chi connectivity index (χ1) is 14.0. The highest BCUT2D eigenvalue weighted by Gasteiger charge is 2.11. The average Bonchev–Trinajstić information content (AvgIpc) is 3.47. The molecule has 0 aliphatic rings. The molecule has 0 bridgehead atoms. The number of nitrogens with one attached hydrogen (secondary N) is 2. The molecule has 9 heteroatoms. The minimum atomic E-state index is -1.12. The number of rotatable bonds is 5. The minimum Gasteiger partial charge on any atom is -0.383 e. The molecule has 1 atom stereocenters. The highest BCUT2D eigenvalue weighted by molar-refractivity contribution is 7.83. The van der Waals surface area contributed by atoms with Crippen LogP contribution >= 0.6 is 0 Å². The van der Waals surface area contributed by atoms with E-state index in [0.29, 0.717) is 23.2 Å². The maximum atomic E-state index is 12.3. The number of aromatic nitrogens is 4. The van der Waals surface area contributed by atoms with Crippen LogP contribution in [0.2, 0.25) is 0 Å². The largest absolute Gasteiger partial charge is 0.383 e. The van der Waals surface area contributed by atoms with Gasteiger partial charge < -0.3 is 10.7 Å². The Hall–Kier alpha value is -3.46. The molecule has 0 amide bonds. The van der Waals surface area contributed by atoms with Gasteiger partial charge in [0, 0.05) is 40.9 Å². The second-order valence-electron chi connectivity index (χ2n) is 6.45. The number of aryl methyl sites for hydroxylation is 1. The highest BCUT2D eigenvalue weighted by atomic mass is 32.2. The first-order valence-electron chi connectivity index (χ1n) is 9.14. The SMILES string of the molecule is CCS(=O)n1ccc2ccc(C(N)=NC(=Nc3cc(C)[nH]n3)c3ccc[nH]3)cc21. The Bertz CT molecular complexity index is 1230. The van der Waals surface area contributed by atoms with Crippen molar-refractivity contribution in [2.45, 2.75) is 13.8 Å². The second-order valence-corrected chi connectivity index (χ2v) is 8.06. The van der Waals surface area contributed by atoms with Crippen molar-refractivity contribution in [3.05, 3.63) is 71.8 Å². The molecule has 0 radical (unpaired) electrons. The van der Waals surface area contributed by atoms with Crippen LogP contribution in [0.15, 0.2) is 64.8 Å². The zero-order valence-electron chi connectivity index (χ0n) is 16.1. The molecular formula is C20H21N7OS. The van der Waals surface area contributed by atoms with Crippen LogP contribution in [0.5, 0.6) is 0 Å². The quantitative estimate of drug-likeness (QED) is 0.349. The van der Waals surface area contributed by atoms with E-state index >= 15 is 0 Å². The van der Waals surface area contributed by atoms with Gasteiger partial charge in [0.2, 0.25) is 0 Å². The number of hydrogen-bond donors (Lipinski definition) is 3. The number of H-pyrrole nitrogens is 2. The Morgan fingerprint density at radius 3 is 2.83 bits per heavy atom. The summed E-state index contributed by atoms with van der Waals surface area (Å²) in [6.45, 7) is 3.79. The number of aromatic amines is 2. The summed E-state index contributed by atoms with van der Waals surface area (Å²) in [5, 5.41) is 8.01. The van der Waals surface area contributed by atoms with Crippen LogP contribution in [0, 0.1) is 6.92 Å². The zero-order valence-corrected chi connectivity index (χ0v) is 16.9. The Morgan fingerprint density at radius 1 is 1.28 bits per heavy atom. The maximum absolute atomic E-state index is 12.3. The Labute approximate surface area is 170 Å². The number of fused-ring (bicyclic) bond motifs is 1. The number of aliphatic imine (C=N–C) groups is 2. The molecule has 0 fully saturated rings. The summed E-state index contributed by atoms with van der Waals surface area (Å²) in [6.07, 6.45) is 3.62. The van der Waals surface area contributed by atoms with Gasteiger partial charge in [0.05, 0.1) is 11.2 Å². The minimum absolute atomic E-state index is 0.308. The molecule has 8 nitrogen and oxygen atoms in total. The summed E-state index contributed by atoms with van der Waals surface area (Å²) in [7, 11) is -1.12. The van der Waals surface area contributed by atoms with Crippen molar-refractivity contribution in [2.24, 2.45) is 15.7 Å². The second kappa shape index (κ2) is 7.88. The first-order valence-corrected chi connectivity index (χ1v) is 10.4. The fraction of sp³-hybridized carbons (Fsp3) is 0.150. The Kier molecular flexibility index (Phi) is 5.13. The van der Waals surface area contributed by atoms with Gasteiger partial charge in [0.1, 0.15) is 16.8 Å². The van der Waals surface area contributed by atoms with E-state index in [9.17, 15) is 4.21 Å². The molecule has 1 unspecified atom stereocenters. The molecule has 1 aromatic carbocycles. The third-order valence-electron chi connectivity index (χ3n) is 4.40. The van der Waals surface area contributed by atoms with Crippen LogP contribution in [0.3, 0.4) is 0 Å². The van der Waals surface area contributed by atoms with Gasteiger partial charge in [0.25, 0.3) is 0 Å². The Morgan fingerprint density at radius 2 is 2.14 bits per heavy atom. The molecule has 0 aliphatic heterocycles. The monoisotopic (exact) mass is 407 g/mol. The lowest BCUT2D eigenvalue weighted by Crippen LogP contribution is -2.16. The molecule has 4 N–H and O–H groups in total. The van der Waals surface area contributed by atoms with Crippen molar-refractivity contribution in [1.82, 2.24) is 19.2 Å². The Balaban J connectivity index is 1.77. The lowest BCUT2D eigenvalue weighted by molar-refractivity contribution is 0.679. The van der Waals surface area contributed by atoms with Gasteiger partial charge in [-0.2, -0.15) is 5.10 Å². The third kappa shape index (κ3) is 3.90. The van der Waals surface area contributed by atoms with Crippen molar-refractivity contribution in [1.29, 1.82) is 0 Å². The summed E-state index contributed by atoms with van der Waals surface area (Å²) in [5.74, 6) is 1.78. The lowest BCUT2D eigenvalue weighted by atomic mass is 10.1. The summed E-state index contributed by atoms with van der Waals surface area (Å²) < 4.78 is 14.0.